The molecule has 2 aliphatic heterocycles. The maximum absolute atomic E-state index is 16.3. The standard InChI is InChI=1S/C37H35F5N6O3S/c1-6-30(49)47-16-18(2)48-28(20(47)4)14-27(45-48)35-33(31-24(39)12-22(38)13-29(31)50-9-10-51-37(41)42)32-25(40)17-52-36(32)34(44-35)21-11-23-19(3)46(5)8-7-26(23)43-15-21/h6,11-15,17-20,37H,1,7-10,16H2,2-5H3/t18-,19+,20+/m0/s1. The van der Waals surface area contributed by atoms with Crippen LogP contribution in [0.4, 0.5) is 22.0 Å². The van der Waals surface area contributed by atoms with Gasteiger partial charge in [-0.25, -0.2) is 18.2 Å². The second-order valence-corrected chi connectivity index (χ2v) is 13.9. The molecule has 0 saturated heterocycles. The van der Waals surface area contributed by atoms with E-state index >= 15 is 8.78 Å². The lowest BCUT2D eigenvalue weighted by Crippen LogP contribution is -2.42. The Morgan fingerprint density at radius 2 is 1.85 bits per heavy atom. The van der Waals surface area contributed by atoms with Crippen molar-refractivity contribution in [3.8, 4) is 39.5 Å². The summed E-state index contributed by atoms with van der Waals surface area (Å²) >= 11 is 1.07. The summed E-state index contributed by atoms with van der Waals surface area (Å²) in [6.07, 6.45) is 3.69. The van der Waals surface area contributed by atoms with E-state index in [1.54, 1.807) is 21.8 Å². The van der Waals surface area contributed by atoms with Crippen molar-refractivity contribution in [2.45, 2.75) is 51.9 Å². The van der Waals surface area contributed by atoms with Crippen LogP contribution in [0.2, 0.25) is 0 Å². The lowest BCUT2D eigenvalue weighted by atomic mass is 9.93. The Morgan fingerprint density at radius 1 is 1.06 bits per heavy atom. The number of amides is 1. The van der Waals surface area contributed by atoms with Crippen LogP contribution in [0.5, 0.6) is 5.75 Å². The fourth-order valence-corrected chi connectivity index (χ4v) is 8.02. The average molecular weight is 739 g/mol. The third-order valence-corrected chi connectivity index (χ3v) is 10.8. The van der Waals surface area contributed by atoms with Gasteiger partial charge >= 0.3 is 6.61 Å². The first-order valence-corrected chi connectivity index (χ1v) is 17.6. The Balaban J connectivity index is 1.50. The zero-order valence-corrected chi connectivity index (χ0v) is 29.6. The summed E-state index contributed by atoms with van der Waals surface area (Å²) in [6, 6.07) is 4.58. The number of benzene rings is 1. The van der Waals surface area contributed by atoms with Crippen LogP contribution in [0.25, 0.3) is 43.9 Å². The Kier molecular flexibility index (Phi) is 9.61. The van der Waals surface area contributed by atoms with Crippen molar-refractivity contribution >= 4 is 27.3 Å². The highest BCUT2D eigenvalue weighted by atomic mass is 32.1. The van der Waals surface area contributed by atoms with E-state index in [9.17, 15) is 18.0 Å². The van der Waals surface area contributed by atoms with Gasteiger partial charge in [0.2, 0.25) is 5.91 Å². The van der Waals surface area contributed by atoms with Gasteiger partial charge in [-0.15, -0.1) is 11.3 Å². The highest BCUT2D eigenvalue weighted by molar-refractivity contribution is 7.17. The third kappa shape index (κ3) is 6.24. The Bertz CT molecular complexity index is 2210. The first kappa shape index (κ1) is 35.7. The van der Waals surface area contributed by atoms with Gasteiger partial charge in [-0.05, 0) is 51.6 Å². The number of likely N-dealkylation sites (N-methyl/N-ethyl adjacent to an activating group) is 1. The summed E-state index contributed by atoms with van der Waals surface area (Å²) in [5, 5.41) is 6.16. The van der Waals surface area contributed by atoms with E-state index in [-0.39, 0.29) is 51.6 Å². The van der Waals surface area contributed by atoms with E-state index in [2.05, 4.69) is 23.1 Å². The summed E-state index contributed by atoms with van der Waals surface area (Å²) in [4.78, 5) is 26.5. The molecule has 5 aromatic rings. The van der Waals surface area contributed by atoms with Crippen LogP contribution in [-0.2, 0) is 16.0 Å². The van der Waals surface area contributed by atoms with Crippen LogP contribution in [0, 0.1) is 17.5 Å². The maximum atomic E-state index is 16.3. The molecule has 52 heavy (non-hydrogen) atoms. The largest absolute Gasteiger partial charge is 0.490 e. The number of carbonyl (C=O) groups is 1. The third-order valence-electron chi connectivity index (χ3n) is 9.85. The molecule has 15 heteroatoms. The van der Waals surface area contributed by atoms with Crippen molar-refractivity contribution in [1.82, 2.24) is 29.5 Å². The zero-order valence-electron chi connectivity index (χ0n) is 28.8. The number of nitrogens with zero attached hydrogens (tertiary/aromatic N) is 6. The number of rotatable bonds is 9. The van der Waals surface area contributed by atoms with E-state index in [0.717, 1.165) is 41.6 Å². The van der Waals surface area contributed by atoms with Crippen LogP contribution in [0.1, 0.15) is 55.8 Å². The van der Waals surface area contributed by atoms with Gasteiger partial charge < -0.3 is 14.4 Å². The molecule has 3 atom stereocenters. The normalized spacial score (nSPS) is 18.9. The van der Waals surface area contributed by atoms with Crippen molar-refractivity contribution in [1.29, 1.82) is 0 Å². The van der Waals surface area contributed by atoms with Gasteiger partial charge in [-0.3, -0.25) is 19.4 Å². The predicted molar refractivity (Wildman–Crippen MR) is 187 cm³/mol. The second kappa shape index (κ2) is 14.0. The molecule has 7 rings (SSSR count). The summed E-state index contributed by atoms with van der Waals surface area (Å²) in [7, 11) is 2.03. The molecule has 2 aliphatic rings. The highest BCUT2D eigenvalue weighted by Gasteiger charge is 2.35. The smallest absolute Gasteiger partial charge is 0.345 e. The van der Waals surface area contributed by atoms with Gasteiger partial charge in [0, 0.05) is 71.5 Å². The van der Waals surface area contributed by atoms with Crippen molar-refractivity contribution in [3.05, 3.63) is 82.9 Å². The quantitative estimate of drug-likeness (QED) is 0.0858. The SMILES string of the molecule is C=CC(=O)N1C[C@H](C)n2nc(-c3nc(-c4cnc5c(c4)[C@@H](C)N(C)CC5)c4scc(F)c4c3-c3c(F)cc(F)cc3OCCOC(F)F)cc2[C@H]1C. The van der Waals surface area contributed by atoms with E-state index in [0.29, 0.717) is 34.3 Å². The maximum Gasteiger partial charge on any atom is 0.345 e. The fraction of sp³-hybridized carbons (Fsp3) is 0.351. The number of hydrogen-bond acceptors (Lipinski definition) is 8. The number of hydrogen-bond donors (Lipinski definition) is 0. The number of ether oxygens (including phenoxy) is 2. The van der Waals surface area contributed by atoms with Crippen molar-refractivity contribution in [2.75, 3.05) is 33.4 Å². The summed E-state index contributed by atoms with van der Waals surface area (Å²) in [5.74, 6) is -3.40. The molecule has 272 valence electrons. The highest BCUT2D eigenvalue weighted by Crippen LogP contribution is 2.48. The average Bonchev–Trinajstić information content (AvgIpc) is 3.74. The molecule has 9 nitrogen and oxygen atoms in total. The first-order valence-electron chi connectivity index (χ1n) is 16.7. The van der Waals surface area contributed by atoms with Crippen LogP contribution < -0.4 is 4.74 Å². The summed E-state index contributed by atoms with van der Waals surface area (Å²) < 4.78 is 84.7. The summed E-state index contributed by atoms with van der Waals surface area (Å²) in [5.41, 5.74) is 3.49. The number of thiophene rings is 1. The minimum Gasteiger partial charge on any atom is -0.490 e. The lowest BCUT2D eigenvalue weighted by molar-refractivity contribution is -0.133. The van der Waals surface area contributed by atoms with Crippen LogP contribution in [0.3, 0.4) is 0 Å². The number of carbonyl (C=O) groups excluding carboxylic acids is 1. The van der Waals surface area contributed by atoms with Crippen LogP contribution in [-0.4, -0.2) is 75.4 Å². The topological polar surface area (TPSA) is 85.6 Å². The van der Waals surface area contributed by atoms with E-state index in [1.807, 2.05) is 27.0 Å². The molecule has 0 unspecified atom stereocenters. The minimum atomic E-state index is -3.08. The zero-order chi connectivity index (χ0) is 37.0. The molecule has 0 aliphatic carbocycles. The molecule has 1 amide bonds. The number of aromatic nitrogens is 4. The Hall–Kier alpha value is -4.73. The van der Waals surface area contributed by atoms with Gasteiger partial charge in [-0.1, -0.05) is 6.58 Å². The predicted octanol–water partition coefficient (Wildman–Crippen LogP) is 8.12. The van der Waals surface area contributed by atoms with E-state index in [1.165, 1.54) is 11.5 Å². The molecule has 0 bridgehead atoms. The number of alkyl halides is 2. The van der Waals surface area contributed by atoms with Gasteiger partial charge in [0.1, 0.15) is 41.2 Å². The summed E-state index contributed by atoms with van der Waals surface area (Å²) in [6.45, 7) is 6.48. The van der Waals surface area contributed by atoms with Crippen LogP contribution >= 0.6 is 11.3 Å². The number of fused-ring (bicyclic) bond motifs is 3. The minimum absolute atomic E-state index is 0.0115. The molecule has 0 fully saturated rings. The van der Waals surface area contributed by atoms with Gasteiger partial charge in [0.05, 0.1) is 40.3 Å². The molecule has 0 N–H and O–H groups in total. The molecule has 6 heterocycles. The molecule has 4 aromatic heterocycles. The van der Waals surface area contributed by atoms with E-state index in [4.69, 9.17) is 19.8 Å². The molecule has 0 saturated carbocycles. The van der Waals surface area contributed by atoms with Crippen LogP contribution in [0.15, 0.2) is 48.5 Å². The molecule has 0 radical (unpaired) electrons. The number of pyridine rings is 2. The van der Waals surface area contributed by atoms with Gasteiger partial charge in [0.25, 0.3) is 0 Å². The fourth-order valence-electron chi connectivity index (χ4n) is 7.09. The second-order valence-electron chi connectivity index (χ2n) is 13.0. The van der Waals surface area contributed by atoms with E-state index < -0.39 is 43.3 Å². The first-order chi connectivity index (χ1) is 24.9. The van der Waals surface area contributed by atoms with Gasteiger partial charge in [-0.2, -0.15) is 13.9 Å². The van der Waals surface area contributed by atoms with Crippen molar-refractivity contribution in [2.24, 2.45) is 0 Å². The Morgan fingerprint density at radius 3 is 2.60 bits per heavy atom. The Labute approximate surface area is 300 Å². The van der Waals surface area contributed by atoms with Crippen molar-refractivity contribution in [3.63, 3.8) is 0 Å². The molecular weight excluding hydrogens is 704 g/mol. The monoisotopic (exact) mass is 738 g/mol. The molecular formula is C37H35F5N6O3S. The molecule has 0 spiro atoms. The van der Waals surface area contributed by atoms with Crippen molar-refractivity contribution < 1.29 is 36.2 Å². The van der Waals surface area contributed by atoms with Gasteiger partial charge in [0.15, 0.2) is 0 Å². The number of halogens is 5. The lowest BCUT2D eigenvalue weighted by Gasteiger charge is -2.36. The molecule has 1 aromatic carbocycles.